The number of halogens is 4. The number of methoxy groups -OCH3 is 1. The number of esters is 2. The normalized spacial score (nSPS) is 11.7. The Labute approximate surface area is 237 Å². The number of carboxylic acids is 1. The number of carbonyl (C=O) groups excluding carboxylic acids is 2. The second kappa shape index (κ2) is 12.2. The standard InChI is InChI=1S/C27H23Cl3FNO7/c1-5-32-13(3)22(25(34)23(26(35)36)24(32)14-6-7-17(28)19(30)9-14)16-10-15(18(29)11-20(16)31)27(37)39-12(2)8-21(33)38-4/h6-7,9-12H,5,8H2,1-4H3,(H,35,36). The Kier molecular flexibility index (Phi) is 9.43. The molecule has 1 aromatic heterocycles. The van der Waals surface area contributed by atoms with Crippen LogP contribution in [0.4, 0.5) is 4.39 Å². The van der Waals surface area contributed by atoms with Gasteiger partial charge in [-0.25, -0.2) is 14.0 Å². The van der Waals surface area contributed by atoms with E-state index in [0.717, 1.165) is 12.1 Å². The molecule has 0 spiro atoms. The van der Waals surface area contributed by atoms with Crippen molar-refractivity contribution in [1.82, 2.24) is 4.57 Å². The minimum absolute atomic E-state index is 0.0560. The Bertz CT molecular complexity index is 1550. The Morgan fingerprint density at radius 3 is 2.31 bits per heavy atom. The van der Waals surface area contributed by atoms with Crippen molar-refractivity contribution in [2.45, 2.75) is 39.8 Å². The summed E-state index contributed by atoms with van der Waals surface area (Å²) in [5.41, 5.74) is -1.91. The maximum absolute atomic E-state index is 15.3. The van der Waals surface area contributed by atoms with Gasteiger partial charge in [0, 0.05) is 23.4 Å². The lowest BCUT2D eigenvalue weighted by Crippen LogP contribution is -2.26. The van der Waals surface area contributed by atoms with E-state index in [-0.39, 0.29) is 56.1 Å². The fraction of sp³-hybridized carbons (Fsp3) is 0.259. The highest BCUT2D eigenvalue weighted by atomic mass is 35.5. The van der Waals surface area contributed by atoms with Gasteiger partial charge in [-0.1, -0.05) is 40.9 Å². The number of carboxylic acid groups (broad SMARTS) is 1. The molecule has 0 radical (unpaired) electrons. The van der Waals surface area contributed by atoms with E-state index < -0.39 is 40.8 Å². The summed E-state index contributed by atoms with van der Waals surface area (Å²) in [4.78, 5) is 50.4. The lowest BCUT2D eigenvalue weighted by atomic mass is 9.95. The molecule has 0 saturated heterocycles. The first kappa shape index (κ1) is 30.1. The van der Waals surface area contributed by atoms with E-state index in [1.165, 1.54) is 43.7 Å². The summed E-state index contributed by atoms with van der Waals surface area (Å²) in [6, 6.07) is 6.28. The number of nitrogens with zero attached hydrogens (tertiary/aromatic N) is 1. The van der Waals surface area contributed by atoms with Crippen molar-refractivity contribution in [3.05, 3.63) is 78.3 Å². The second-order valence-electron chi connectivity index (χ2n) is 8.50. The van der Waals surface area contributed by atoms with Gasteiger partial charge in [-0.2, -0.15) is 0 Å². The maximum atomic E-state index is 15.3. The summed E-state index contributed by atoms with van der Waals surface area (Å²) in [6.07, 6.45) is -1.12. The van der Waals surface area contributed by atoms with Crippen LogP contribution in [0.25, 0.3) is 22.4 Å². The van der Waals surface area contributed by atoms with E-state index in [1.54, 1.807) is 6.92 Å². The third-order valence-electron chi connectivity index (χ3n) is 5.99. The summed E-state index contributed by atoms with van der Waals surface area (Å²) in [5.74, 6) is -4.09. The molecule has 0 fully saturated rings. The minimum Gasteiger partial charge on any atom is -0.477 e. The van der Waals surface area contributed by atoms with Gasteiger partial charge in [-0.3, -0.25) is 9.59 Å². The molecule has 0 aliphatic heterocycles. The molecule has 1 heterocycles. The van der Waals surface area contributed by atoms with Crippen LogP contribution in [0.5, 0.6) is 0 Å². The molecule has 206 valence electrons. The zero-order chi connectivity index (χ0) is 29.2. The number of benzene rings is 2. The smallest absolute Gasteiger partial charge is 0.341 e. The predicted octanol–water partition coefficient (Wildman–Crippen LogP) is 6.42. The Balaban J connectivity index is 2.27. The molecular weight excluding hydrogens is 576 g/mol. The Hall–Kier alpha value is -3.40. The van der Waals surface area contributed by atoms with Gasteiger partial charge in [0.2, 0.25) is 5.43 Å². The Morgan fingerprint density at radius 1 is 1.08 bits per heavy atom. The first-order valence-electron chi connectivity index (χ1n) is 11.6. The van der Waals surface area contributed by atoms with Gasteiger partial charge in [0.15, 0.2) is 0 Å². The molecule has 2 aromatic carbocycles. The number of aromatic carboxylic acids is 1. The van der Waals surface area contributed by atoms with Crippen LogP contribution in [0.1, 0.15) is 46.7 Å². The van der Waals surface area contributed by atoms with E-state index in [1.807, 2.05) is 0 Å². The van der Waals surface area contributed by atoms with Crippen molar-refractivity contribution in [2.75, 3.05) is 7.11 Å². The Morgan fingerprint density at radius 2 is 1.74 bits per heavy atom. The van der Waals surface area contributed by atoms with Crippen LogP contribution in [-0.2, 0) is 20.8 Å². The number of carbonyl (C=O) groups is 3. The van der Waals surface area contributed by atoms with Crippen molar-refractivity contribution in [1.29, 1.82) is 0 Å². The summed E-state index contributed by atoms with van der Waals surface area (Å²) >= 11 is 18.3. The van der Waals surface area contributed by atoms with E-state index in [4.69, 9.17) is 39.5 Å². The third-order valence-corrected chi connectivity index (χ3v) is 7.04. The van der Waals surface area contributed by atoms with Crippen LogP contribution < -0.4 is 5.43 Å². The molecule has 39 heavy (non-hydrogen) atoms. The van der Waals surface area contributed by atoms with Gasteiger partial charge in [-0.15, -0.1) is 0 Å². The van der Waals surface area contributed by atoms with Gasteiger partial charge in [0.1, 0.15) is 17.5 Å². The van der Waals surface area contributed by atoms with Gasteiger partial charge in [0.25, 0.3) is 0 Å². The van der Waals surface area contributed by atoms with Crippen LogP contribution in [-0.4, -0.2) is 40.8 Å². The molecule has 3 aromatic rings. The molecule has 8 nitrogen and oxygen atoms in total. The van der Waals surface area contributed by atoms with Gasteiger partial charge < -0.3 is 19.1 Å². The quantitative estimate of drug-likeness (QED) is 0.298. The third kappa shape index (κ3) is 6.11. The van der Waals surface area contributed by atoms with Crippen LogP contribution in [0.3, 0.4) is 0 Å². The summed E-state index contributed by atoms with van der Waals surface area (Å²) in [7, 11) is 1.18. The summed E-state index contributed by atoms with van der Waals surface area (Å²) < 4.78 is 26.6. The lowest BCUT2D eigenvalue weighted by Gasteiger charge is -2.22. The predicted molar refractivity (Wildman–Crippen MR) is 145 cm³/mol. The van der Waals surface area contributed by atoms with Crippen LogP contribution in [0, 0.1) is 12.7 Å². The molecule has 0 amide bonds. The summed E-state index contributed by atoms with van der Waals surface area (Å²) in [6.45, 7) is 4.90. The molecule has 1 N–H and O–H groups in total. The van der Waals surface area contributed by atoms with E-state index in [9.17, 15) is 24.3 Å². The average molecular weight is 599 g/mol. The largest absolute Gasteiger partial charge is 0.477 e. The average Bonchev–Trinajstić information content (AvgIpc) is 2.85. The molecule has 3 rings (SSSR count). The molecule has 0 saturated carbocycles. The van der Waals surface area contributed by atoms with Gasteiger partial charge in [0.05, 0.1) is 45.4 Å². The monoisotopic (exact) mass is 597 g/mol. The highest BCUT2D eigenvalue weighted by molar-refractivity contribution is 6.42. The van der Waals surface area contributed by atoms with Crippen molar-refractivity contribution in [2.24, 2.45) is 0 Å². The first-order valence-corrected chi connectivity index (χ1v) is 12.7. The second-order valence-corrected chi connectivity index (χ2v) is 9.72. The highest BCUT2D eigenvalue weighted by Gasteiger charge is 2.28. The molecule has 0 aliphatic rings. The van der Waals surface area contributed by atoms with Crippen LogP contribution in [0.2, 0.25) is 15.1 Å². The van der Waals surface area contributed by atoms with E-state index in [0.29, 0.717) is 5.56 Å². The molecular formula is C27H23Cl3FNO7. The summed E-state index contributed by atoms with van der Waals surface area (Å²) in [5, 5.41) is 10.1. The lowest BCUT2D eigenvalue weighted by molar-refractivity contribution is -0.142. The fourth-order valence-corrected chi connectivity index (χ4v) is 4.72. The van der Waals surface area contributed by atoms with E-state index >= 15 is 4.39 Å². The molecule has 0 aliphatic carbocycles. The van der Waals surface area contributed by atoms with Crippen LogP contribution >= 0.6 is 34.8 Å². The number of rotatable bonds is 8. The molecule has 12 heteroatoms. The SMILES string of the molecule is CCn1c(C)c(-c2cc(C(=O)OC(C)CC(=O)OC)c(Cl)cc2F)c(=O)c(C(=O)O)c1-c1ccc(Cl)c(Cl)c1. The maximum Gasteiger partial charge on any atom is 0.341 e. The van der Waals surface area contributed by atoms with Crippen molar-refractivity contribution < 1.29 is 33.4 Å². The molecule has 1 unspecified atom stereocenters. The zero-order valence-corrected chi connectivity index (χ0v) is 23.5. The zero-order valence-electron chi connectivity index (χ0n) is 21.2. The van der Waals surface area contributed by atoms with Crippen molar-refractivity contribution in [3.8, 4) is 22.4 Å². The van der Waals surface area contributed by atoms with Crippen molar-refractivity contribution >= 4 is 52.7 Å². The van der Waals surface area contributed by atoms with Crippen molar-refractivity contribution in [3.63, 3.8) is 0 Å². The fourth-order valence-electron chi connectivity index (χ4n) is 4.19. The topological polar surface area (TPSA) is 112 Å². The van der Waals surface area contributed by atoms with Gasteiger partial charge >= 0.3 is 17.9 Å². The molecule has 0 bridgehead atoms. The van der Waals surface area contributed by atoms with Gasteiger partial charge in [-0.05, 0) is 45.0 Å². The number of aromatic nitrogens is 1. The highest BCUT2D eigenvalue weighted by Crippen LogP contribution is 2.35. The number of hydrogen-bond acceptors (Lipinski definition) is 6. The first-order chi connectivity index (χ1) is 18.3. The van der Waals surface area contributed by atoms with Crippen LogP contribution in [0.15, 0.2) is 35.1 Å². The van der Waals surface area contributed by atoms with E-state index in [2.05, 4.69) is 4.74 Å². The number of hydrogen-bond donors (Lipinski definition) is 1. The minimum atomic E-state index is -1.55. The number of pyridine rings is 1. The molecule has 1 atom stereocenters. The number of ether oxygens (including phenoxy) is 2.